The van der Waals surface area contributed by atoms with Crippen LogP contribution >= 0.6 is 11.8 Å². The fraction of sp³-hybridized carbons (Fsp3) is 0.455. The lowest BCUT2D eigenvalue weighted by Gasteiger charge is -2.08. The first-order valence-electron chi connectivity index (χ1n) is 4.89. The summed E-state index contributed by atoms with van der Waals surface area (Å²) in [5.41, 5.74) is 6.15. The van der Waals surface area contributed by atoms with Gasteiger partial charge in [-0.25, -0.2) is 4.39 Å². The normalized spacial score (nSPS) is 10.9. The molecule has 0 aliphatic carbocycles. The summed E-state index contributed by atoms with van der Waals surface area (Å²) in [6.07, 6.45) is 0.246. The fourth-order valence-electron chi connectivity index (χ4n) is 1.09. The molecule has 2 N–H and O–H groups in total. The Kier molecular flexibility index (Phi) is 4.91. The Labute approximate surface area is 94.0 Å². The highest BCUT2D eigenvalue weighted by molar-refractivity contribution is 7.99. The molecule has 0 saturated carbocycles. The lowest BCUT2D eigenvalue weighted by Crippen LogP contribution is -2.05. The zero-order valence-electron chi connectivity index (χ0n) is 9.00. The van der Waals surface area contributed by atoms with E-state index in [-0.39, 0.29) is 11.9 Å². The molecule has 1 rings (SSSR count). The molecule has 0 atom stereocenters. The van der Waals surface area contributed by atoms with Crippen LogP contribution in [-0.2, 0) is 4.74 Å². The molecular weight excluding hydrogens is 213 g/mol. The van der Waals surface area contributed by atoms with Gasteiger partial charge in [-0.15, -0.1) is 11.8 Å². The minimum Gasteiger partial charge on any atom is -0.398 e. The number of halogens is 1. The van der Waals surface area contributed by atoms with E-state index in [1.54, 1.807) is 17.8 Å². The molecule has 4 heteroatoms. The SMILES string of the molecule is CC(C)OCCSc1ccc(F)cc1N. The van der Waals surface area contributed by atoms with Gasteiger partial charge in [-0.3, -0.25) is 0 Å². The van der Waals surface area contributed by atoms with Crippen LogP contribution in [0.2, 0.25) is 0 Å². The predicted octanol–water partition coefficient (Wildman–Crippen LogP) is 2.93. The average molecular weight is 229 g/mol. The van der Waals surface area contributed by atoms with Crippen molar-refractivity contribution in [1.29, 1.82) is 0 Å². The number of nitrogen functional groups attached to an aromatic ring is 1. The zero-order valence-corrected chi connectivity index (χ0v) is 9.81. The minimum atomic E-state index is -0.296. The number of thioether (sulfide) groups is 1. The summed E-state index contributed by atoms with van der Waals surface area (Å²) in [6.45, 7) is 4.67. The molecule has 0 aromatic heterocycles. The zero-order chi connectivity index (χ0) is 11.3. The molecule has 15 heavy (non-hydrogen) atoms. The van der Waals surface area contributed by atoms with Gasteiger partial charge in [0.1, 0.15) is 5.82 Å². The van der Waals surface area contributed by atoms with Crippen molar-refractivity contribution >= 4 is 17.4 Å². The van der Waals surface area contributed by atoms with E-state index in [1.165, 1.54) is 12.1 Å². The highest BCUT2D eigenvalue weighted by Gasteiger charge is 2.01. The Bertz CT molecular complexity index is 317. The average Bonchev–Trinajstić information content (AvgIpc) is 2.14. The van der Waals surface area contributed by atoms with E-state index in [4.69, 9.17) is 10.5 Å². The Morgan fingerprint density at radius 1 is 1.47 bits per heavy atom. The van der Waals surface area contributed by atoms with E-state index in [0.29, 0.717) is 12.3 Å². The largest absolute Gasteiger partial charge is 0.398 e. The third kappa shape index (κ3) is 4.53. The van der Waals surface area contributed by atoms with Crippen LogP contribution in [0.25, 0.3) is 0 Å². The molecule has 2 nitrogen and oxygen atoms in total. The van der Waals surface area contributed by atoms with Crippen molar-refractivity contribution in [1.82, 2.24) is 0 Å². The van der Waals surface area contributed by atoms with Crippen molar-refractivity contribution in [2.24, 2.45) is 0 Å². The van der Waals surface area contributed by atoms with Gasteiger partial charge in [0, 0.05) is 16.3 Å². The van der Waals surface area contributed by atoms with Gasteiger partial charge < -0.3 is 10.5 Å². The maximum Gasteiger partial charge on any atom is 0.125 e. The molecule has 0 amide bonds. The number of ether oxygens (including phenoxy) is 1. The quantitative estimate of drug-likeness (QED) is 0.479. The summed E-state index contributed by atoms with van der Waals surface area (Å²) in [6, 6.07) is 4.46. The number of benzene rings is 1. The van der Waals surface area contributed by atoms with Crippen molar-refractivity contribution in [2.45, 2.75) is 24.8 Å². The van der Waals surface area contributed by atoms with E-state index in [1.807, 2.05) is 13.8 Å². The summed E-state index contributed by atoms with van der Waals surface area (Å²) >= 11 is 1.58. The smallest absolute Gasteiger partial charge is 0.125 e. The second kappa shape index (κ2) is 5.98. The monoisotopic (exact) mass is 229 g/mol. The Balaban J connectivity index is 2.37. The van der Waals surface area contributed by atoms with Gasteiger partial charge in [0.05, 0.1) is 12.7 Å². The Hall–Kier alpha value is -0.740. The molecule has 1 aromatic rings. The first kappa shape index (κ1) is 12.3. The maximum absolute atomic E-state index is 12.7. The summed E-state index contributed by atoms with van der Waals surface area (Å²) < 4.78 is 18.1. The Morgan fingerprint density at radius 3 is 2.80 bits per heavy atom. The van der Waals surface area contributed by atoms with Gasteiger partial charge in [0.15, 0.2) is 0 Å². The van der Waals surface area contributed by atoms with Crippen molar-refractivity contribution in [3.05, 3.63) is 24.0 Å². The molecule has 0 aliphatic rings. The van der Waals surface area contributed by atoms with Crippen LogP contribution in [-0.4, -0.2) is 18.5 Å². The summed E-state index contributed by atoms with van der Waals surface area (Å²) in [5, 5.41) is 0. The van der Waals surface area contributed by atoms with Crippen LogP contribution in [0.3, 0.4) is 0 Å². The molecule has 0 unspecified atom stereocenters. The van der Waals surface area contributed by atoms with Crippen molar-refractivity contribution in [3.8, 4) is 0 Å². The van der Waals surface area contributed by atoms with Gasteiger partial charge in [-0.1, -0.05) is 0 Å². The van der Waals surface area contributed by atoms with Gasteiger partial charge >= 0.3 is 0 Å². The molecule has 0 fully saturated rings. The number of hydrogen-bond acceptors (Lipinski definition) is 3. The Morgan fingerprint density at radius 2 is 2.20 bits per heavy atom. The lowest BCUT2D eigenvalue weighted by atomic mass is 10.3. The van der Waals surface area contributed by atoms with E-state index >= 15 is 0 Å². The molecule has 0 heterocycles. The van der Waals surface area contributed by atoms with Gasteiger partial charge in [-0.2, -0.15) is 0 Å². The van der Waals surface area contributed by atoms with Crippen molar-refractivity contribution in [2.75, 3.05) is 18.1 Å². The maximum atomic E-state index is 12.7. The van der Waals surface area contributed by atoms with Gasteiger partial charge in [0.2, 0.25) is 0 Å². The third-order valence-electron chi connectivity index (χ3n) is 1.76. The van der Waals surface area contributed by atoms with Crippen LogP contribution < -0.4 is 5.73 Å². The first-order chi connectivity index (χ1) is 7.09. The first-order valence-corrected chi connectivity index (χ1v) is 5.87. The summed E-state index contributed by atoms with van der Waals surface area (Å²) in [4.78, 5) is 0.906. The second-order valence-electron chi connectivity index (χ2n) is 3.45. The topological polar surface area (TPSA) is 35.2 Å². The van der Waals surface area contributed by atoms with Crippen LogP contribution in [0.4, 0.5) is 10.1 Å². The molecular formula is C11H16FNOS. The van der Waals surface area contributed by atoms with Crippen LogP contribution in [0.15, 0.2) is 23.1 Å². The lowest BCUT2D eigenvalue weighted by molar-refractivity contribution is 0.0920. The van der Waals surface area contributed by atoms with Crippen LogP contribution in [0, 0.1) is 5.82 Å². The van der Waals surface area contributed by atoms with Crippen molar-refractivity contribution < 1.29 is 9.13 Å². The molecule has 84 valence electrons. The number of hydrogen-bond donors (Lipinski definition) is 1. The third-order valence-corrected chi connectivity index (χ3v) is 2.82. The van der Waals surface area contributed by atoms with Crippen molar-refractivity contribution in [3.63, 3.8) is 0 Å². The summed E-state index contributed by atoms with van der Waals surface area (Å²) in [7, 11) is 0. The van der Waals surface area contributed by atoms with Crippen LogP contribution in [0.1, 0.15) is 13.8 Å². The molecule has 0 bridgehead atoms. The van der Waals surface area contributed by atoms with E-state index in [9.17, 15) is 4.39 Å². The molecule has 0 aliphatic heterocycles. The number of rotatable bonds is 5. The summed E-state index contributed by atoms with van der Waals surface area (Å²) in [5.74, 6) is 0.531. The van der Waals surface area contributed by atoms with E-state index in [2.05, 4.69) is 0 Å². The van der Waals surface area contributed by atoms with Gasteiger partial charge in [-0.05, 0) is 32.0 Å². The standard InChI is InChI=1S/C11H16FNOS/c1-8(2)14-5-6-15-11-4-3-9(12)7-10(11)13/h3-4,7-8H,5-6,13H2,1-2H3. The van der Waals surface area contributed by atoms with Gasteiger partial charge in [0.25, 0.3) is 0 Å². The molecule has 1 aromatic carbocycles. The fourth-order valence-corrected chi connectivity index (χ4v) is 1.88. The molecule has 0 radical (unpaired) electrons. The minimum absolute atomic E-state index is 0.246. The highest BCUT2D eigenvalue weighted by Crippen LogP contribution is 2.25. The van der Waals surface area contributed by atoms with E-state index in [0.717, 1.165) is 10.6 Å². The predicted molar refractivity (Wildman–Crippen MR) is 62.6 cm³/mol. The molecule has 0 saturated heterocycles. The second-order valence-corrected chi connectivity index (χ2v) is 4.59. The number of nitrogens with two attached hydrogens (primary N) is 1. The molecule has 0 spiro atoms. The van der Waals surface area contributed by atoms with E-state index < -0.39 is 0 Å². The highest BCUT2D eigenvalue weighted by atomic mass is 32.2. The number of anilines is 1. The van der Waals surface area contributed by atoms with Crippen LogP contribution in [0.5, 0.6) is 0 Å².